The van der Waals surface area contributed by atoms with Gasteiger partial charge in [-0.1, -0.05) is 37.0 Å². The quantitative estimate of drug-likeness (QED) is 0.518. The molecule has 0 radical (unpaired) electrons. The minimum Gasteiger partial charge on any atom is -0.477 e. The molecule has 0 bridgehead atoms. The van der Waals surface area contributed by atoms with Gasteiger partial charge >= 0.3 is 5.97 Å². The van der Waals surface area contributed by atoms with E-state index in [2.05, 4.69) is 9.97 Å². The van der Waals surface area contributed by atoms with Crippen LogP contribution in [0.25, 0.3) is 11.4 Å². The lowest BCUT2D eigenvalue weighted by atomic mass is 9.92. The van der Waals surface area contributed by atoms with Gasteiger partial charge in [-0.05, 0) is 42.7 Å². The summed E-state index contributed by atoms with van der Waals surface area (Å²) in [6.45, 7) is 3.49. The van der Waals surface area contributed by atoms with E-state index in [4.69, 9.17) is 23.2 Å². The van der Waals surface area contributed by atoms with Gasteiger partial charge in [0.05, 0.1) is 12.7 Å². The van der Waals surface area contributed by atoms with Crippen molar-refractivity contribution in [2.75, 3.05) is 0 Å². The number of aliphatic hydroxyl groups is 1. The summed E-state index contributed by atoms with van der Waals surface area (Å²) in [5.41, 5.74) is -0.824. The Kier molecular flexibility index (Phi) is 6.45. The molecule has 0 aliphatic carbocycles. The molecule has 2 aromatic heterocycles. The first kappa shape index (κ1) is 22.2. The van der Waals surface area contributed by atoms with Crippen molar-refractivity contribution in [1.82, 2.24) is 14.5 Å². The standard InChI is InChI=1S/C21H20Cl2FN3O3/c1-3-21(30,4-2)18-17(20(28)29)27(11-13-7-14(22)5-6-16(13)23)19(26-18)12-8-15(24)10-25-9-12/h5-10,30H,3-4,11H2,1-2H3,(H,28,29). The predicted octanol–water partition coefficient (Wildman–Crippen LogP) is 5.15. The van der Waals surface area contributed by atoms with E-state index in [1.165, 1.54) is 16.8 Å². The summed E-state index contributed by atoms with van der Waals surface area (Å²) in [7, 11) is 0. The highest BCUT2D eigenvalue weighted by molar-refractivity contribution is 6.33. The van der Waals surface area contributed by atoms with Crippen molar-refractivity contribution in [2.45, 2.75) is 38.8 Å². The number of imidazole rings is 1. The first-order valence-electron chi connectivity index (χ1n) is 9.31. The fraction of sp³-hybridized carbons (Fsp3) is 0.286. The lowest BCUT2D eigenvalue weighted by Gasteiger charge is -2.24. The number of benzene rings is 1. The number of carbonyl (C=O) groups is 1. The Labute approximate surface area is 182 Å². The number of carboxylic acid groups (broad SMARTS) is 1. The van der Waals surface area contributed by atoms with Gasteiger partial charge in [-0.15, -0.1) is 0 Å². The number of pyridine rings is 1. The highest BCUT2D eigenvalue weighted by Crippen LogP contribution is 2.35. The number of aromatic nitrogens is 3. The fourth-order valence-electron chi connectivity index (χ4n) is 3.32. The van der Waals surface area contributed by atoms with E-state index in [0.29, 0.717) is 15.6 Å². The Bertz CT molecular complexity index is 1100. The molecule has 0 spiro atoms. The monoisotopic (exact) mass is 451 g/mol. The van der Waals surface area contributed by atoms with Crippen molar-refractivity contribution in [2.24, 2.45) is 0 Å². The van der Waals surface area contributed by atoms with E-state index in [9.17, 15) is 19.4 Å². The Hall–Kier alpha value is -2.48. The highest BCUT2D eigenvalue weighted by atomic mass is 35.5. The molecular weight excluding hydrogens is 432 g/mol. The highest BCUT2D eigenvalue weighted by Gasteiger charge is 2.36. The summed E-state index contributed by atoms with van der Waals surface area (Å²) in [6, 6.07) is 6.05. The number of nitrogens with zero attached hydrogens (tertiary/aromatic N) is 3. The topological polar surface area (TPSA) is 88.2 Å². The summed E-state index contributed by atoms with van der Waals surface area (Å²) in [6.07, 6.45) is 2.92. The molecule has 2 heterocycles. The van der Waals surface area contributed by atoms with E-state index in [0.717, 1.165) is 6.20 Å². The third-order valence-corrected chi connectivity index (χ3v) is 5.68. The van der Waals surface area contributed by atoms with Gasteiger partial charge in [-0.25, -0.2) is 14.2 Å². The van der Waals surface area contributed by atoms with Gasteiger partial charge in [0.15, 0.2) is 5.69 Å². The molecule has 0 fully saturated rings. The summed E-state index contributed by atoms with van der Waals surface area (Å²) in [5.74, 6) is -1.71. The molecule has 0 atom stereocenters. The van der Waals surface area contributed by atoms with Gasteiger partial charge < -0.3 is 14.8 Å². The molecule has 0 saturated carbocycles. The molecule has 30 heavy (non-hydrogen) atoms. The maximum Gasteiger partial charge on any atom is 0.354 e. The number of rotatable bonds is 7. The third-order valence-electron chi connectivity index (χ3n) is 5.08. The van der Waals surface area contributed by atoms with Crippen LogP contribution in [0.15, 0.2) is 36.7 Å². The van der Waals surface area contributed by atoms with Crippen LogP contribution in [0.5, 0.6) is 0 Å². The zero-order valence-electron chi connectivity index (χ0n) is 16.4. The zero-order valence-corrected chi connectivity index (χ0v) is 17.9. The second-order valence-electron chi connectivity index (χ2n) is 6.89. The average Bonchev–Trinajstić information content (AvgIpc) is 3.10. The Morgan fingerprint density at radius 1 is 1.20 bits per heavy atom. The number of carboxylic acids is 1. The molecular formula is C21H20Cl2FN3O3. The van der Waals surface area contributed by atoms with Crippen LogP contribution >= 0.6 is 23.2 Å². The lowest BCUT2D eigenvalue weighted by Crippen LogP contribution is -2.27. The Morgan fingerprint density at radius 2 is 1.90 bits per heavy atom. The van der Waals surface area contributed by atoms with Gasteiger partial charge in [0.1, 0.15) is 22.9 Å². The lowest BCUT2D eigenvalue weighted by molar-refractivity contribution is 0.0219. The van der Waals surface area contributed by atoms with Crippen LogP contribution in [0.1, 0.15) is 48.4 Å². The number of halogens is 3. The van der Waals surface area contributed by atoms with E-state index in [1.807, 2.05) is 0 Å². The van der Waals surface area contributed by atoms with E-state index in [1.54, 1.807) is 32.0 Å². The van der Waals surface area contributed by atoms with Gasteiger partial charge in [0.25, 0.3) is 0 Å². The second kappa shape index (κ2) is 8.71. The van der Waals surface area contributed by atoms with Crippen molar-refractivity contribution in [3.8, 4) is 11.4 Å². The van der Waals surface area contributed by atoms with E-state index in [-0.39, 0.29) is 42.2 Å². The van der Waals surface area contributed by atoms with Crippen LogP contribution in [0, 0.1) is 5.82 Å². The number of hydrogen-bond acceptors (Lipinski definition) is 4. The molecule has 3 aromatic rings. The number of hydrogen-bond donors (Lipinski definition) is 2. The van der Waals surface area contributed by atoms with Crippen LogP contribution in [-0.2, 0) is 12.1 Å². The molecule has 158 valence electrons. The van der Waals surface area contributed by atoms with Crippen molar-refractivity contribution < 1.29 is 19.4 Å². The molecule has 2 N–H and O–H groups in total. The van der Waals surface area contributed by atoms with Crippen LogP contribution in [0.3, 0.4) is 0 Å². The van der Waals surface area contributed by atoms with E-state index >= 15 is 0 Å². The SMILES string of the molecule is CCC(O)(CC)c1nc(-c2cncc(F)c2)n(Cc2cc(Cl)ccc2Cl)c1C(=O)O. The second-order valence-corrected chi connectivity index (χ2v) is 7.73. The molecule has 0 saturated heterocycles. The van der Waals surface area contributed by atoms with Gasteiger partial charge in [-0.2, -0.15) is 0 Å². The minimum absolute atomic E-state index is 0.00336. The summed E-state index contributed by atoms with van der Waals surface area (Å²) in [4.78, 5) is 20.5. The molecule has 9 heteroatoms. The minimum atomic E-state index is -1.47. The largest absolute Gasteiger partial charge is 0.477 e. The molecule has 3 rings (SSSR count). The summed E-state index contributed by atoms with van der Waals surface area (Å²) >= 11 is 12.4. The van der Waals surface area contributed by atoms with Crippen molar-refractivity contribution >= 4 is 29.2 Å². The van der Waals surface area contributed by atoms with Crippen LogP contribution in [-0.4, -0.2) is 30.7 Å². The van der Waals surface area contributed by atoms with Crippen LogP contribution < -0.4 is 0 Å². The summed E-state index contributed by atoms with van der Waals surface area (Å²) in [5, 5.41) is 21.9. The average molecular weight is 452 g/mol. The molecule has 0 unspecified atom stereocenters. The number of aromatic carboxylic acids is 1. The van der Waals surface area contributed by atoms with Crippen molar-refractivity contribution in [1.29, 1.82) is 0 Å². The first-order valence-corrected chi connectivity index (χ1v) is 10.1. The smallest absolute Gasteiger partial charge is 0.354 e. The van der Waals surface area contributed by atoms with Crippen molar-refractivity contribution in [3.63, 3.8) is 0 Å². The maximum atomic E-state index is 13.9. The van der Waals surface area contributed by atoms with Crippen molar-refractivity contribution in [3.05, 3.63) is 69.5 Å². The normalized spacial score (nSPS) is 11.7. The Balaban J connectivity index is 2.32. The van der Waals surface area contributed by atoms with E-state index < -0.39 is 17.4 Å². The molecule has 6 nitrogen and oxygen atoms in total. The third kappa shape index (κ3) is 4.19. The Morgan fingerprint density at radius 3 is 2.50 bits per heavy atom. The molecule has 0 aliphatic rings. The first-order chi connectivity index (χ1) is 14.2. The molecule has 0 aliphatic heterocycles. The van der Waals surface area contributed by atoms with Crippen LogP contribution in [0.2, 0.25) is 10.0 Å². The van der Waals surface area contributed by atoms with Crippen LogP contribution in [0.4, 0.5) is 4.39 Å². The predicted molar refractivity (Wildman–Crippen MR) is 112 cm³/mol. The van der Waals surface area contributed by atoms with Gasteiger partial charge in [0, 0.05) is 21.8 Å². The van der Waals surface area contributed by atoms with Gasteiger partial charge in [-0.3, -0.25) is 4.98 Å². The maximum absolute atomic E-state index is 13.9. The zero-order chi connectivity index (χ0) is 22.1. The summed E-state index contributed by atoms with van der Waals surface area (Å²) < 4.78 is 15.2. The van der Waals surface area contributed by atoms with Gasteiger partial charge in [0.2, 0.25) is 0 Å². The molecule has 1 aromatic carbocycles. The molecule has 0 amide bonds. The fourth-order valence-corrected chi connectivity index (χ4v) is 3.69.